The fraction of sp³-hybridized carbons (Fsp3) is 0.474. The van der Waals surface area contributed by atoms with Gasteiger partial charge in [0.2, 0.25) is 5.91 Å². The van der Waals surface area contributed by atoms with Gasteiger partial charge in [0.25, 0.3) is 0 Å². The molecule has 2 rings (SSSR count). The summed E-state index contributed by atoms with van der Waals surface area (Å²) in [5.41, 5.74) is 1.24. The summed E-state index contributed by atoms with van der Waals surface area (Å²) in [5.74, 6) is -0.222. The quantitative estimate of drug-likeness (QED) is 0.469. The second kappa shape index (κ2) is 10.1. The summed E-state index contributed by atoms with van der Waals surface area (Å²) in [6.45, 7) is 2.44. The van der Waals surface area contributed by atoms with Crippen LogP contribution in [0.25, 0.3) is 10.9 Å². The Balaban J connectivity index is 2.26. The molecule has 0 radical (unpaired) electrons. The fourth-order valence-electron chi connectivity index (χ4n) is 2.77. The number of methoxy groups -OCH3 is 3. The molecule has 28 heavy (non-hydrogen) atoms. The Kier molecular flexibility index (Phi) is 7.80. The van der Waals surface area contributed by atoms with Crippen LogP contribution < -0.4 is 10.1 Å². The maximum atomic E-state index is 12.6. The van der Waals surface area contributed by atoms with Crippen molar-refractivity contribution in [2.75, 3.05) is 53.4 Å². The van der Waals surface area contributed by atoms with Crippen LogP contribution >= 0.6 is 0 Å². The van der Waals surface area contributed by atoms with Crippen LogP contribution in [0.15, 0.2) is 18.2 Å². The van der Waals surface area contributed by atoms with Crippen LogP contribution in [0.4, 0.5) is 5.69 Å². The van der Waals surface area contributed by atoms with Crippen molar-refractivity contribution in [2.45, 2.75) is 13.2 Å². The first-order valence-electron chi connectivity index (χ1n) is 8.84. The van der Waals surface area contributed by atoms with E-state index in [0.717, 1.165) is 0 Å². The van der Waals surface area contributed by atoms with E-state index in [2.05, 4.69) is 10.3 Å². The lowest BCUT2D eigenvalue weighted by Crippen LogP contribution is -2.37. The van der Waals surface area contributed by atoms with Gasteiger partial charge in [-0.05, 0) is 32.2 Å². The van der Waals surface area contributed by atoms with E-state index in [-0.39, 0.29) is 24.8 Å². The van der Waals surface area contributed by atoms with Crippen molar-refractivity contribution in [3.8, 4) is 5.75 Å². The Hall–Kier alpha value is -2.62. The number of hydrogen-bond donors (Lipinski definition) is 2. The van der Waals surface area contributed by atoms with E-state index < -0.39 is 12.3 Å². The van der Waals surface area contributed by atoms with Crippen molar-refractivity contribution in [2.24, 2.45) is 0 Å². The molecule has 0 spiro atoms. The van der Waals surface area contributed by atoms with Gasteiger partial charge in [-0.15, -0.1) is 0 Å². The number of ether oxygens (including phenoxy) is 4. The lowest BCUT2D eigenvalue weighted by molar-refractivity contribution is -0.124. The Morgan fingerprint density at radius 1 is 1.21 bits per heavy atom. The Morgan fingerprint density at radius 3 is 2.54 bits per heavy atom. The monoisotopic (exact) mass is 393 g/mol. The van der Waals surface area contributed by atoms with Gasteiger partial charge in [-0.2, -0.15) is 0 Å². The van der Waals surface area contributed by atoms with Gasteiger partial charge in [0.15, 0.2) is 6.29 Å². The minimum atomic E-state index is -0.542. The van der Waals surface area contributed by atoms with Gasteiger partial charge in [-0.25, -0.2) is 4.79 Å². The summed E-state index contributed by atoms with van der Waals surface area (Å²) in [5, 5.41) is 3.47. The summed E-state index contributed by atoms with van der Waals surface area (Å²) in [4.78, 5) is 29.7. The normalized spacial score (nSPS) is 11.2. The SMILES string of the molecule is CCOC(=O)c1[nH]c2ccc(OC)cc2c1NC(=O)CN(C)CC(OC)OC. The van der Waals surface area contributed by atoms with Crippen LogP contribution in [-0.4, -0.2) is 76.1 Å². The number of rotatable bonds is 10. The van der Waals surface area contributed by atoms with Crippen molar-refractivity contribution in [1.29, 1.82) is 0 Å². The third kappa shape index (κ3) is 5.22. The highest BCUT2D eigenvalue weighted by Crippen LogP contribution is 2.31. The molecule has 0 bridgehead atoms. The number of aromatic nitrogens is 1. The Morgan fingerprint density at radius 2 is 1.93 bits per heavy atom. The smallest absolute Gasteiger partial charge is 0.356 e. The number of anilines is 1. The van der Waals surface area contributed by atoms with Crippen molar-refractivity contribution >= 4 is 28.5 Å². The number of nitrogens with one attached hydrogen (secondary N) is 2. The third-order valence-electron chi connectivity index (χ3n) is 4.15. The van der Waals surface area contributed by atoms with Crippen molar-refractivity contribution in [3.63, 3.8) is 0 Å². The van der Waals surface area contributed by atoms with E-state index in [1.165, 1.54) is 14.2 Å². The number of esters is 1. The minimum Gasteiger partial charge on any atom is -0.497 e. The molecule has 0 saturated carbocycles. The van der Waals surface area contributed by atoms with Gasteiger partial charge in [0, 0.05) is 31.7 Å². The number of H-pyrrole nitrogens is 1. The molecule has 1 heterocycles. The lowest BCUT2D eigenvalue weighted by atomic mass is 10.2. The predicted molar refractivity (Wildman–Crippen MR) is 105 cm³/mol. The molecule has 2 N–H and O–H groups in total. The first kappa shape index (κ1) is 21.7. The number of aromatic amines is 1. The molecule has 0 aliphatic carbocycles. The zero-order valence-electron chi connectivity index (χ0n) is 16.8. The Bertz CT molecular complexity index is 815. The zero-order chi connectivity index (χ0) is 20.7. The summed E-state index contributed by atoms with van der Waals surface area (Å²) in [6.07, 6.45) is -0.440. The average molecular weight is 393 g/mol. The van der Waals surface area contributed by atoms with Gasteiger partial charge in [0.1, 0.15) is 11.4 Å². The van der Waals surface area contributed by atoms with E-state index >= 15 is 0 Å². The molecule has 2 aromatic rings. The lowest BCUT2D eigenvalue weighted by Gasteiger charge is -2.21. The second-order valence-corrected chi connectivity index (χ2v) is 6.15. The molecule has 1 amide bonds. The largest absolute Gasteiger partial charge is 0.497 e. The molecule has 0 aliphatic rings. The first-order chi connectivity index (χ1) is 13.4. The van der Waals surface area contributed by atoms with Crippen molar-refractivity contribution < 1.29 is 28.5 Å². The number of carbonyl (C=O) groups excluding carboxylic acids is 2. The number of benzene rings is 1. The number of amides is 1. The fourth-order valence-corrected chi connectivity index (χ4v) is 2.77. The highest BCUT2D eigenvalue weighted by Gasteiger charge is 2.22. The van der Waals surface area contributed by atoms with Crippen molar-refractivity contribution in [1.82, 2.24) is 9.88 Å². The maximum absolute atomic E-state index is 12.6. The number of carbonyl (C=O) groups is 2. The van der Waals surface area contributed by atoms with Gasteiger partial charge in [-0.3, -0.25) is 9.69 Å². The molecule has 1 aromatic carbocycles. The predicted octanol–water partition coefficient (Wildman–Crippen LogP) is 1.84. The molecule has 0 unspecified atom stereocenters. The van der Waals surface area contributed by atoms with E-state index in [4.69, 9.17) is 18.9 Å². The third-order valence-corrected chi connectivity index (χ3v) is 4.15. The number of nitrogens with zero attached hydrogens (tertiary/aromatic N) is 1. The van der Waals surface area contributed by atoms with Gasteiger partial charge >= 0.3 is 5.97 Å². The maximum Gasteiger partial charge on any atom is 0.356 e. The molecular formula is C19H27N3O6. The highest BCUT2D eigenvalue weighted by atomic mass is 16.7. The zero-order valence-corrected chi connectivity index (χ0v) is 16.8. The van der Waals surface area contributed by atoms with E-state index in [1.807, 2.05) is 0 Å². The number of hydrogen-bond acceptors (Lipinski definition) is 7. The molecule has 0 saturated heterocycles. The van der Waals surface area contributed by atoms with Gasteiger partial charge in [0.05, 0.1) is 25.9 Å². The van der Waals surface area contributed by atoms with Crippen LogP contribution in [0.5, 0.6) is 5.75 Å². The van der Waals surface area contributed by atoms with Crippen molar-refractivity contribution in [3.05, 3.63) is 23.9 Å². The highest BCUT2D eigenvalue weighted by molar-refractivity contribution is 6.11. The second-order valence-electron chi connectivity index (χ2n) is 6.15. The summed E-state index contributed by atoms with van der Waals surface area (Å²) in [7, 11) is 6.39. The van der Waals surface area contributed by atoms with Crippen LogP contribution in [0, 0.1) is 0 Å². The molecule has 9 heteroatoms. The first-order valence-corrected chi connectivity index (χ1v) is 8.84. The number of fused-ring (bicyclic) bond motifs is 1. The summed E-state index contributed by atoms with van der Waals surface area (Å²) >= 11 is 0. The van der Waals surface area contributed by atoms with Crippen LogP contribution in [0.1, 0.15) is 17.4 Å². The van der Waals surface area contributed by atoms with E-state index in [1.54, 1.807) is 44.2 Å². The average Bonchev–Trinajstić information content (AvgIpc) is 3.03. The molecule has 0 atom stereocenters. The molecular weight excluding hydrogens is 366 g/mol. The molecule has 0 fully saturated rings. The van der Waals surface area contributed by atoms with Gasteiger partial charge in [-0.1, -0.05) is 0 Å². The molecule has 9 nitrogen and oxygen atoms in total. The molecule has 0 aliphatic heterocycles. The van der Waals surface area contributed by atoms with Crippen LogP contribution in [-0.2, 0) is 19.0 Å². The summed E-state index contributed by atoms with van der Waals surface area (Å²) in [6, 6.07) is 5.29. The molecule has 154 valence electrons. The van der Waals surface area contributed by atoms with Crippen LogP contribution in [0.2, 0.25) is 0 Å². The van der Waals surface area contributed by atoms with Crippen LogP contribution in [0.3, 0.4) is 0 Å². The molecule has 1 aromatic heterocycles. The Labute approximate surface area is 163 Å². The standard InChI is InChI=1S/C19H27N3O6/c1-6-28-19(24)18-17(13-9-12(25-3)7-8-14(13)20-18)21-15(23)10-22(2)11-16(26-4)27-5/h7-9,16,20H,6,10-11H2,1-5H3,(H,21,23). The minimum absolute atomic E-state index is 0.0854. The topological polar surface area (TPSA) is 102 Å². The van der Waals surface area contributed by atoms with E-state index in [9.17, 15) is 9.59 Å². The van der Waals surface area contributed by atoms with E-state index in [0.29, 0.717) is 28.9 Å². The number of likely N-dealkylation sites (N-methyl/N-ethyl adjacent to an activating group) is 1. The summed E-state index contributed by atoms with van der Waals surface area (Å²) < 4.78 is 20.6. The van der Waals surface area contributed by atoms with Gasteiger partial charge < -0.3 is 29.2 Å².